The summed E-state index contributed by atoms with van der Waals surface area (Å²) in [6.45, 7) is 0. The van der Waals surface area contributed by atoms with E-state index in [9.17, 15) is 0 Å². The number of hydrogen-bond donors (Lipinski definition) is 0. The molecule has 0 amide bonds. The van der Waals surface area contributed by atoms with Gasteiger partial charge in [0.05, 0.1) is 12.1 Å². The summed E-state index contributed by atoms with van der Waals surface area (Å²) in [6, 6.07) is 32.9. The molecule has 0 saturated carbocycles. The van der Waals surface area contributed by atoms with Gasteiger partial charge in [0.25, 0.3) is 0 Å². The first kappa shape index (κ1) is 13.8. The molecule has 3 aliphatic rings. The van der Waals surface area contributed by atoms with E-state index >= 15 is 0 Å². The van der Waals surface area contributed by atoms with Crippen molar-refractivity contribution in [3.63, 3.8) is 0 Å². The molecule has 3 aromatic rings. The average molecular weight is 326 g/mol. The van der Waals surface area contributed by atoms with Crippen LogP contribution < -0.4 is 0 Å². The molecule has 122 valence electrons. The number of fused-ring (bicyclic) bond motifs is 3. The maximum absolute atomic E-state index is 6.29. The van der Waals surface area contributed by atoms with E-state index in [1.807, 2.05) is 0 Å². The SMILES string of the molecule is c1ccc([C@@H]2[C@@H]3N2[C@H](c2ccccc2)N2O[C@]32c2ccccc2)cc1. The fourth-order valence-electron chi connectivity index (χ4n) is 4.60. The molecule has 3 aliphatic heterocycles. The van der Waals surface area contributed by atoms with E-state index in [1.165, 1.54) is 16.7 Å². The van der Waals surface area contributed by atoms with Gasteiger partial charge in [-0.25, -0.2) is 0 Å². The smallest absolute Gasteiger partial charge is 0.209 e. The third kappa shape index (κ3) is 1.75. The zero-order chi connectivity index (χ0) is 16.4. The summed E-state index contributed by atoms with van der Waals surface area (Å²) in [7, 11) is 0. The molecule has 3 heteroatoms. The number of nitrogens with zero attached hydrogens (tertiary/aromatic N) is 2. The highest BCUT2D eigenvalue weighted by Gasteiger charge is 2.83. The Morgan fingerprint density at radius 3 is 1.88 bits per heavy atom. The van der Waals surface area contributed by atoms with Gasteiger partial charge < -0.3 is 0 Å². The van der Waals surface area contributed by atoms with Crippen LogP contribution in [0.3, 0.4) is 0 Å². The third-order valence-corrected chi connectivity index (χ3v) is 5.72. The normalized spacial score (nSPS) is 37.2. The first-order valence-electron chi connectivity index (χ1n) is 8.82. The lowest BCUT2D eigenvalue weighted by atomic mass is 9.96. The van der Waals surface area contributed by atoms with Crippen molar-refractivity contribution < 1.29 is 4.84 Å². The Hall–Kier alpha value is -2.46. The second kappa shape index (κ2) is 4.79. The van der Waals surface area contributed by atoms with Gasteiger partial charge in [-0.2, -0.15) is 0 Å². The molecule has 6 atom stereocenters. The second-order valence-electron chi connectivity index (χ2n) is 7.01. The average Bonchev–Trinajstić information content (AvgIpc) is 3.59. The predicted molar refractivity (Wildman–Crippen MR) is 95.0 cm³/mol. The van der Waals surface area contributed by atoms with E-state index in [2.05, 4.69) is 101 Å². The highest BCUT2D eigenvalue weighted by atomic mass is 16.9. The molecule has 2 unspecified atom stereocenters. The molecule has 0 N–H and O–H groups in total. The number of benzene rings is 3. The van der Waals surface area contributed by atoms with Gasteiger partial charge in [-0.1, -0.05) is 91.0 Å². The molecular weight excluding hydrogens is 308 g/mol. The fourth-order valence-corrected chi connectivity index (χ4v) is 4.60. The molecule has 0 spiro atoms. The number of rotatable bonds is 3. The van der Waals surface area contributed by atoms with Gasteiger partial charge in [0.1, 0.15) is 6.17 Å². The number of hydroxylamine groups is 2. The molecule has 3 nitrogen and oxygen atoms in total. The van der Waals surface area contributed by atoms with Gasteiger partial charge in [-0.15, -0.1) is 5.06 Å². The summed E-state index contributed by atoms with van der Waals surface area (Å²) < 4.78 is 0. The molecule has 0 aromatic heterocycles. The fraction of sp³-hybridized carbons (Fsp3) is 0.182. The van der Waals surface area contributed by atoms with Crippen molar-refractivity contribution in [2.75, 3.05) is 0 Å². The van der Waals surface area contributed by atoms with E-state index in [1.54, 1.807) is 0 Å². The zero-order valence-electron chi connectivity index (χ0n) is 13.7. The van der Waals surface area contributed by atoms with Crippen molar-refractivity contribution in [3.05, 3.63) is 108 Å². The molecule has 25 heavy (non-hydrogen) atoms. The third-order valence-electron chi connectivity index (χ3n) is 5.72. The van der Waals surface area contributed by atoms with Crippen molar-refractivity contribution in [3.8, 4) is 0 Å². The number of hydrogen-bond acceptors (Lipinski definition) is 3. The highest BCUT2D eigenvalue weighted by molar-refractivity contribution is 5.43. The second-order valence-corrected chi connectivity index (χ2v) is 7.01. The largest absolute Gasteiger partial charge is 0.264 e. The minimum atomic E-state index is -0.303. The van der Waals surface area contributed by atoms with Gasteiger partial charge in [-0.05, 0) is 11.1 Å². The summed E-state index contributed by atoms with van der Waals surface area (Å²) in [4.78, 5) is 8.88. The van der Waals surface area contributed by atoms with Gasteiger partial charge >= 0.3 is 0 Å². The molecule has 6 rings (SSSR count). The monoisotopic (exact) mass is 326 g/mol. The lowest BCUT2D eigenvalue weighted by molar-refractivity contribution is 0.0708. The van der Waals surface area contributed by atoms with Gasteiger partial charge in [0.15, 0.2) is 0 Å². The summed E-state index contributed by atoms with van der Waals surface area (Å²) >= 11 is 0. The van der Waals surface area contributed by atoms with Crippen LogP contribution >= 0.6 is 0 Å². The molecular formula is C22H18N2O. The molecule has 3 aromatic carbocycles. The first-order chi connectivity index (χ1) is 12.4. The molecule has 3 saturated heterocycles. The standard InChI is InChI=1S/C22H18N2O/c1-4-10-16(11-5-1)19-20-22(18-14-8-3-9-15-18)24(25-22)21(23(19)20)17-12-6-2-7-13-17/h1-15,19-21H/t19-,20+,21+,22-,23?,24?/m1/s1. The Bertz CT molecular complexity index is 915. The zero-order valence-corrected chi connectivity index (χ0v) is 13.7. The molecule has 0 bridgehead atoms. The molecule has 0 aliphatic carbocycles. The maximum atomic E-state index is 6.29. The Morgan fingerprint density at radius 1 is 0.680 bits per heavy atom. The highest BCUT2D eigenvalue weighted by Crippen LogP contribution is 2.73. The van der Waals surface area contributed by atoms with Crippen LogP contribution in [0.2, 0.25) is 0 Å². The van der Waals surface area contributed by atoms with Gasteiger partial charge in [0, 0.05) is 5.56 Å². The van der Waals surface area contributed by atoms with Crippen LogP contribution in [0.15, 0.2) is 91.0 Å². The van der Waals surface area contributed by atoms with Crippen molar-refractivity contribution in [1.29, 1.82) is 0 Å². The van der Waals surface area contributed by atoms with Crippen LogP contribution in [0.4, 0.5) is 0 Å². The van der Waals surface area contributed by atoms with Gasteiger partial charge in [-0.3, -0.25) is 9.74 Å². The van der Waals surface area contributed by atoms with E-state index in [0.29, 0.717) is 12.1 Å². The van der Waals surface area contributed by atoms with Crippen molar-refractivity contribution >= 4 is 0 Å². The van der Waals surface area contributed by atoms with E-state index < -0.39 is 0 Å². The van der Waals surface area contributed by atoms with Crippen LogP contribution in [0.25, 0.3) is 0 Å². The van der Waals surface area contributed by atoms with Crippen LogP contribution in [0.5, 0.6) is 0 Å². The lowest BCUT2D eigenvalue weighted by Gasteiger charge is -2.18. The summed E-state index contributed by atoms with van der Waals surface area (Å²) in [5.41, 5.74) is 3.62. The Morgan fingerprint density at radius 2 is 1.24 bits per heavy atom. The van der Waals surface area contributed by atoms with Crippen LogP contribution in [0, 0.1) is 0 Å². The van der Waals surface area contributed by atoms with E-state index in [0.717, 1.165) is 0 Å². The molecule has 0 radical (unpaired) electrons. The Labute approximate surface area is 147 Å². The summed E-state index contributed by atoms with van der Waals surface area (Å²) in [6.07, 6.45) is 0.177. The Balaban J connectivity index is 1.47. The van der Waals surface area contributed by atoms with Crippen LogP contribution in [0.1, 0.15) is 28.9 Å². The van der Waals surface area contributed by atoms with Gasteiger partial charge in [0.2, 0.25) is 5.72 Å². The molecule has 3 fully saturated rings. The minimum Gasteiger partial charge on any atom is -0.264 e. The van der Waals surface area contributed by atoms with Crippen molar-refractivity contribution in [2.24, 2.45) is 0 Å². The van der Waals surface area contributed by atoms with Crippen molar-refractivity contribution in [1.82, 2.24) is 9.96 Å². The van der Waals surface area contributed by atoms with E-state index in [4.69, 9.17) is 4.84 Å². The van der Waals surface area contributed by atoms with Crippen LogP contribution in [-0.2, 0) is 10.6 Å². The minimum absolute atomic E-state index is 0.177. The summed E-state index contributed by atoms with van der Waals surface area (Å²) in [5, 5.41) is 2.18. The van der Waals surface area contributed by atoms with E-state index in [-0.39, 0.29) is 11.9 Å². The topological polar surface area (TPSA) is 18.5 Å². The first-order valence-corrected chi connectivity index (χ1v) is 8.82. The molecule has 3 heterocycles. The Kier molecular flexibility index (Phi) is 2.64. The van der Waals surface area contributed by atoms with Crippen molar-refractivity contribution in [2.45, 2.75) is 24.0 Å². The predicted octanol–water partition coefficient (Wildman–Crippen LogP) is 4.22. The summed E-state index contributed by atoms with van der Waals surface area (Å²) in [5.74, 6) is 0. The maximum Gasteiger partial charge on any atom is 0.209 e. The quantitative estimate of drug-likeness (QED) is 0.671. The lowest BCUT2D eigenvalue weighted by Crippen LogP contribution is -2.21. The van der Waals surface area contributed by atoms with Crippen LogP contribution in [-0.4, -0.2) is 16.0 Å².